The molecule has 2 nitrogen and oxygen atoms in total. The number of aromatic nitrogens is 2. The molecule has 48 valence electrons. The Bertz CT molecular complexity index is 68.5. The van der Waals surface area contributed by atoms with Crippen LogP contribution in [-0.2, 0) is 0 Å². The number of alkyl halides is 1. The molecule has 0 spiro atoms. The molecular weight excluding hydrogens is 147 g/mol. The van der Waals surface area contributed by atoms with Crippen molar-refractivity contribution in [3.8, 4) is 0 Å². The van der Waals surface area contributed by atoms with E-state index in [0.717, 1.165) is 0 Å². The van der Waals surface area contributed by atoms with E-state index in [9.17, 15) is 0 Å². The van der Waals surface area contributed by atoms with Crippen molar-refractivity contribution in [3.05, 3.63) is 18.7 Å². The van der Waals surface area contributed by atoms with E-state index >= 15 is 0 Å². The second kappa shape index (κ2) is 9.92. The normalized spacial score (nSPS) is 5.75. The van der Waals surface area contributed by atoms with Crippen LogP contribution in [0.1, 0.15) is 0 Å². The topological polar surface area (TPSA) is 28.7 Å². The molecule has 1 aromatic heterocycles. The van der Waals surface area contributed by atoms with Crippen LogP contribution in [0.15, 0.2) is 18.7 Å². The highest BCUT2D eigenvalue weighted by Gasteiger charge is 1.56. The molecule has 8 heavy (non-hydrogen) atoms. The maximum atomic E-state index is 4.64. The first kappa shape index (κ1) is 10.7. The molecule has 0 saturated carbocycles. The van der Waals surface area contributed by atoms with Crippen LogP contribution < -0.4 is 0 Å². The number of hydrogen-bond donors (Lipinski definition) is 1. The van der Waals surface area contributed by atoms with Gasteiger partial charge in [0.2, 0.25) is 0 Å². The summed E-state index contributed by atoms with van der Waals surface area (Å²) in [7, 11) is 0. The van der Waals surface area contributed by atoms with Crippen LogP contribution >= 0.6 is 24.0 Å². The highest BCUT2D eigenvalue weighted by atomic mass is 35.5. The van der Waals surface area contributed by atoms with Crippen LogP contribution in [0.4, 0.5) is 0 Å². The van der Waals surface area contributed by atoms with Gasteiger partial charge in [-0.2, -0.15) is 0 Å². The smallest absolute Gasteiger partial charge is 0.0919 e. The first-order valence-electron chi connectivity index (χ1n) is 1.81. The van der Waals surface area contributed by atoms with Crippen LogP contribution in [0.25, 0.3) is 0 Å². The third kappa shape index (κ3) is 5.79. The third-order valence-electron chi connectivity index (χ3n) is 0.406. The molecule has 1 rings (SSSR count). The summed E-state index contributed by atoms with van der Waals surface area (Å²) in [5.41, 5.74) is 0. The SMILES string of the molecule is CCl.Cl.c1c[nH]cn1. The molecule has 0 unspecified atom stereocenters. The monoisotopic (exact) mass is 154 g/mol. The molecule has 0 atom stereocenters. The fourth-order valence-electron chi connectivity index (χ4n) is 0.215. The van der Waals surface area contributed by atoms with Crippen LogP contribution in [0.5, 0.6) is 0 Å². The zero-order valence-corrected chi connectivity index (χ0v) is 6.04. The lowest BCUT2D eigenvalue weighted by molar-refractivity contribution is 1.31. The Hall–Kier alpha value is -0.210. The molecule has 0 saturated heterocycles. The van der Waals surface area contributed by atoms with Gasteiger partial charge in [-0.1, -0.05) is 0 Å². The lowest BCUT2D eigenvalue weighted by atomic mass is 11.0. The fourth-order valence-corrected chi connectivity index (χ4v) is 0.215. The minimum atomic E-state index is 0. The molecule has 0 aliphatic carbocycles. The minimum absolute atomic E-state index is 0. The van der Waals surface area contributed by atoms with Gasteiger partial charge in [0.15, 0.2) is 0 Å². The molecule has 0 radical (unpaired) electrons. The Balaban J connectivity index is 0. The zero-order valence-electron chi connectivity index (χ0n) is 4.47. The summed E-state index contributed by atoms with van der Waals surface area (Å²) in [6.45, 7) is 0. The van der Waals surface area contributed by atoms with Crippen molar-refractivity contribution in [2.24, 2.45) is 0 Å². The van der Waals surface area contributed by atoms with E-state index in [4.69, 9.17) is 0 Å². The van der Waals surface area contributed by atoms with E-state index in [2.05, 4.69) is 21.6 Å². The van der Waals surface area contributed by atoms with Crippen LogP contribution in [-0.4, -0.2) is 16.4 Å². The summed E-state index contributed by atoms with van der Waals surface area (Å²) in [5, 5.41) is 0. The average Bonchev–Trinajstić information content (AvgIpc) is 2.23. The maximum absolute atomic E-state index is 4.64. The number of nitrogens with zero attached hydrogens (tertiary/aromatic N) is 1. The van der Waals surface area contributed by atoms with Gasteiger partial charge >= 0.3 is 0 Å². The van der Waals surface area contributed by atoms with Gasteiger partial charge < -0.3 is 4.98 Å². The van der Waals surface area contributed by atoms with E-state index in [-0.39, 0.29) is 12.4 Å². The van der Waals surface area contributed by atoms with E-state index < -0.39 is 0 Å². The number of imidazole rings is 1. The molecule has 0 aromatic carbocycles. The first-order chi connectivity index (χ1) is 3.50. The molecule has 0 fully saturated rings. The number of halogens is 2. The highest BCUT2D eigenvalue weighted by Crippen LogP contribution is 1.62. The second-order valence-corrected chi connectivity index (χ2v) is 0.761. The van der Waals surface area contributed by atoms with Crippen LogP contribution in [0, 0.1) is 0 Å². The Morgan fingerprint density at radius 1 is 1.50 bits per heavy atom. The number of nitrogens with one attached hydrogen (secondary N) is 1. The molecule has 1 aromatic rings. The molecule has 0 bridgehead atoms. The molecule has 0 aliphatic rings. The molecule has 0 aliphatic heterocycles. The standard InChI is InChI=1S/C3H4N2.CH3Cl.ClH/c1-2-5-3-4-1;1-2;/h1-3H,(H,4,5);1H3;1H. The van der Waals surface area contributed by atoms with Crippen LogP contribution in [0.2, 0.25) is 0 Å². The van der Waals surface area contributed by atoms with E-state index in [1.807, 2.05) is 0 Å². The van der Waals surface area contributed by atoms with Gasteiger partial charge in [-0.05, 0) is 0 Å². The van der Waals surface area contributed by atoms with Crippen molar-refractivity contribution in [1.82, 2.24) is 9.97 Å². The Morgan fingerprint density at radius 2 is 2.12 bits per heavy atom. The molecule has 0 amide bonds. The number of hydrogen-bond acceptors (Lipinski definition) is 1. The minimum Gasteiger partial charge on any atom is -0.351 e. The largest absolute Gasteiger partial charge is 0.351 e. The van der Waals surface area contributed by atoms with Crippen molar-refractivity contribution < 1.29 is 0 Å². The van der Waals surface area contributed by atoms with Crippen molar-refractivity contribution in [3.63, 3.8) is 0 Å². The van der Waals surface area contributed by atoms with Gasteiger partial charge in [-0.15, -0.1) is 24.0 Å². The van der Waals surface area contributed by atoms with Gasteiger partial charge in [0.1, 0.15) is 0 Å². The fraction of sp³-hybridized carbons (Fsp3) is 0.250. The summed E-state index contributed by atoms with van der Waals surface area (Å²) in [5.74, 6) is 0. The van der Waals surface area contributed by atoms with Gasteiger partial charge in [0, 0.05) is 18.8 Å². The number of aromatic amines is 1. The Morgan fingerprint density at radius 3 is 2.25 bits per heavy atom. The summed E-state index contributed by atoms with van der Waals surface area (Å²) in [4.78, 5) is 6.42. The molecule has 4 heteroatoms. The van der Waals surface area contributed by atoms with Gasteiger partial charge in [-0.3, -0.25) is 0 Å². The third-order valence-corrected chi connectivity index (χ3v) is 0.406. The Labute approximate surface area is 59.7 Å². The quantitative estimate of drug-likeness (QED) is 0.567. The molecular formula is C4H8Cl2N2. The summed E-state index contributed by atoms with van der Waals surface area (Å²) in [6, 6.07) is 0. The lowest BCUT2D eigenvalue weighted by Gasteiger charge is -1.46. The van der Waals surface area contributed by atoms with Crippen molar-refractivity contribution in [2.45, 2.75) is 0 Å². The summed E-state index contributed by atoms with van der Waals surface area (Å²) >= 11 is 4.64. The summed E-state index contributed by atoms with van der Waals surface area (Å²) in [6.07, 6.45) is 6.56. The van der Waals surface area contributed by atoms with Gasteiger partial charge in [-0.25, -0.2) is 4.98 Å². The highest BCUT2D eigenvalue weighted by molar-refractivity contribution is 6.15. The van der Waals surface area contributed by atoms with E-state index in [1.165, 1.54) is 6.38 Å². The predicted octanol–water partition coefficient (Wildman–Crippen LogP) is 1.69. The number of H-pyrrole nitrogens is 1. The second-order valence-electron chi connectivity index (χ2n) is 0.761. The molecule has 1 heterocycles. The lowest BCUT2D eigenvalue weighted by Crippen LogP contribution is -1.44. The maximum Gasteiger partial charge on any atom is 0.0919 e. The van der Waals surface area contributed by atoms with Crippen molar-refractivity contribution >= 4 is 24.0 Å². The predicted molar refractivity (Wildman–Crippen MR) is 37.6 cm³/mol. The average molecular weight is 155 g/mol. The summed E-state index contributed by atoms with van der Waals surface area (Å²) < 4.78 is 0. The zero-order chi connectivity index (χ0) is 5.54. The van der Waals surface area contributed by atoms with Crippen molar-refractivity contribution in [2.75, 3.05) is 6.38 Å². The number of rotatable bonds is 0. The first-order valence-corrected chi connectivity index (χ1v) is 2.56. The van der Waals surface area contributed by atoms with Crippen LogP contribution in [0.3, 0.4) is 0 Å². The van der Waals surface area contributed by atoms with Gasteiger partial charge in [0.05, 0.1) is 6.33 Å². The van der Waals surface area contributed by atoms with Crippen molar-refractivity contribution in [1.29, 1.82) is 0 Å². The van der Waals surface area contributed by atoms with E-state index in [0.29, 0.717) is 0 Å². The Kier molecular flexibility index (Phi) is 13.3. The van der Waals surface area contributed by atoms with E-state index in [1.54, 1.807) is 18.7 Å². The van der Waals surface area contributed by atoms with Gasteiger partial charge in [0.25, 0.3) is 0 Å². The molecule has 1 N–H and O–H groups in total.